The minimum Gasteiger partial charge on any atom is -0.489 e. The highest BCUT2D eigenvalue weighted by Crippen LogP contribution is 2.48. The molecule has 57 heavy (non-hydrogen) atoms. The van der Waals surface area contributed by atoms with E-state index in [1.807, 2.05) is 62.4 Å². The Kier molecular flexibility index (Phi) is 25.9. The van der Waals surface area contributed by atoms with Crippen LogP contribution < -0.4 is 20.9 Å². The molecule has 0 heterocycles. The molecule has 0 aromatic heterocycles. The van der Waals surface area contributed by atoms with Crippen molar-refractivity contribution in [2.75, 3.05) is 0 Å². The molecule has 1 aliphatic rings. The van der Waals surface area contributed by atoms with E-state index < -0.39 is 0 Å². The van der Waals surface area contributed by atoms with E-state index in [9.17, 15) is 0 Å². The Morgan fingerprint density at radius 1 is 0.614 bits per heavy atom. The molecule has 4 aromatic carbocycles. The molecule has 4 aromatic rings. The SMILES string of the molecule is CC.CCC.CCC(C)CC1(C)CCC(C(C)(C)C)CC1.CCc1cccc(COc2ccc(CN)cc2)c1.CCc1cccc(COc2ccc(CN)cc2)c1. The first-order valence-electron chi connectivity index (χ1n) is 22.3. The van der Waals surface area contributed by atoms with Gasteiger partial charge < -0.3 is 20.9 Å². The van der Waals surface area contributed by atoms with Gasteiger partial charge in [-0.25, -0.2) is 0 Å². The van der Waals surface area contributed by atoms with Gasteiger partial charge in [-0.05, 0) is 125 Å². The van der Waals surface area contributed by atoms with Crippen LogP contribution in [0.15, 0.2) is 97.1 Å². The van der Waals surface area contributed by atoms with Gasteiger partial charge in [-0.2, -0.15) is 0 Å². The number of ether oxygens (including phenoxy) is 2. The number of hydrogen-bond acceptors (Lipinski definition) is 4. The van der Waals surface area contributed by atoms with Crippen LogP contribution >= 0.6 is 0 Å². The summed E-state index contributed by atoms with van der Waals surface area (Å²) >= 11 is 0. The molecule has 0 radical (unpaired) electrons. The lowest BCUT2D eigenvalue weighted by atomic mass is 9.62. The summed E-state index contributed by atoms with van der Waals surface area (Å²) in [6, 6.07) is 32.8. The Morgan fingerprint density at radius 2 is 0.982 bits per heavy atom. The van der Waals surface area contributed by atoms with Gasteiger partial charge in [0.05, 0.1) is 0 Å². The average Bonchev–Trinajstić information content (AvgIpc) is 3.23. The Morgan fingerprint density at radius 3 is 1.30 bits per heavy atom. The summed E-state index contributed by atoms with van der Waals surface area (Å²) in [7, 11) is 0. The van der Waals surface area contributed by atoms with Crippen molar-refractivity contribution in [2.45, 2.75) is 167 Å². The van der Waals surface area contributed by atoms with Crippen molar-refractivity contribution >= 4 is 0 Å². The van der Waals surface area contributed by atoms with Gasteiger partial charge >= 0.3 is 0 Å². The number of nitrogens with two attached hydrogens (primary N) is 2. The van der Waals surface area contributed by atoms with Gasteiger partial charge in [0.25, 0.3) is 0 Å². The third-order valence-corrected chi connectivity index (χ3v) is 10.9. The first-order chi connectivity index (χ1) is 27.3. The predicted molar refractivity (Wildman–Crippen MR) is 250 cm³/mol. The zero-order valence-corrected chi connectivity index (χ0v) is 38.6. The highest BCUT2D eigenvalue weighted by Gasteiger charge is 2.36. The van der Waals surface area contributed by atoms with Crippen molar-refractivity contribution in [3.05, 3.63) is 130 Å². The molecular formula is C53H84N2O2. The highest BCUT2D eigenvalue weighted by molar-refractivity contribution is 5.30. The van der Waals surface area contributed by atoms with Crippen molar-refractivity contribution in [1.82, 2.24) is 0 Å². The van der Waals surface area contributed by atoms with Crippen LogP contribution in [0.3, 0.4) is 0 Å². The third-order valence-electron chi connectivity index (χ3n) is 10.9. The first-order valence-corrected chi connectivity index (χ1v) is 22.3. The van der Waals surface area contributed by atoms with Crippen molar-refractivity contribution in [1.29, 1.82) is 0 Å². The van der Waals surface area contributed by atoms with Gasteiger partial charge in [-0.15, -0.1) is 0 Å². The third kappa shape index (κ3) is 21.1. The maximum Gasteiger partial charge on any atom is 0.119 e. The molecule has 1 saturated carbocycles. The largest absolute Gasteiger partial charge is 0.489 e. The van der Waals surface area contributed by atoms with Crippen LogP contribution in [-0.2, 0) is 39.1 Å². The number of rotatable bonds is 13. The Bertz CT molecular complexity index is 1470. The van der Waals surface area contributed by atoms with Crippen LogP contribution in [0.1, 0.15) is 161 Å². The molecule has 0 aliphatic heterocycles. The van der Waals surface area contributed by atoms with Crippen molar-refractivity contribution in [2.24, 2.45) is 34.1 Å². The van der Waals surface area contributed by atoms with Crippen LogP contribution in [0.5, 0.6) is 11.5 Å². The molecule has 1 fully saturated rings. The van der Waals surface area contributed by atoms with Crippen molar-refractivity contribution in [3.63, 3.8) is 0 Å². The summed E-state index contributed by atoms with van der Waals surface area (Å²) in [6.07, 6.45) is 12.0. The summed E-state index contributed by atoms with van der Waals surface area (Å²) in [5.41, 5.74) is 19.6. The summed E-state index contributed by atoms with van der Waals surface area (Å²) < 4.78 is 11.5. The standard InChI is InChI=1S/2C16H19NO.C16H32.C3H8.C2H6/c2*1-2-13-4-3-5-15(10-13)12-18-16-8-6-14(11-17)7-9-16;1-7-13(2)12-16(6)10-8-14(9-11-16)15(3,4)5;1-3-2;1-2/h2*3-10H,2,11-12,17H2,1H3;13-14H,7-12H2,1-6H3;3H2,1-2H3;1-2H3. The average molecular weight is 781 g/mol. The second-order valence-corrected chi connectivity index (χ2v) is 17.0. The first kappa shape index (κ1) is 51.4. The fourth-order valence-electron chi connectivity index (χ4n) is 7.03. The molecule has 0 saturated heterocycles. The van der Waals surface area contributed by atoms with Crippen LogP contribution in [0.2, 0.25) is 0 Å². The zero-order valence-electron chi connectivity index (χ0n) is 38.6. The van der Waals surface area contributed by atoms with E-state index in [1.54, 1.807) is 0 Å². The highest BCUT2D eigenvalue weighted by atomic mass is 16.5. The maximum absolute atomic E-state index is 5.75. The van der Waals surface area contributed by atoms with Crippen molar-refractivity contribution in [3.8, 4) is 11.5 Å². The number of hydrogen-bond donors (Lipinski definition) is 2. The quantitative estimate of drug-likeness (QED) is 0.142. The Balaban J connectivity index is 0.000000405. The van der Waals surface area contributed by atoms with Crippen LogP contribution in [0.4, 0.5) is 0 Å². The van der Waals surface area contributed by atoms with E-state index >= 15 is 0 Å². The molecule has 0 amide bonds. The van der Waals surface area contributed by atoms with Crippen LogP contribution in [-0.4, -0.2) is 0 Å². The normalized spacial score (nSPS) is 16.4. The monoisotopic (exact) mass is 781 g/mol. The fraction of sp³-hybridized carbons (Fsp3) is 0.547. The van der Waals surface area contributed by atoms with Gasteiger partial charge in [0.1, 0.15) is 24.7 Å². The van der Waals surface area contributed by atoms with E-state index in [1.165, 1.54) is 67.2 Å². The molecule has 4 N–H and O–H groups in total. The van der Waals surface area contributed by atoms with Gasteiger partial charge in [0.15, 0.2) is 0 Å². The van der Waals surface area contributed by atoms with Crippen molar-refractivity contribution < 1.29 is 9.47 Å². The lowest BCUT2D eigenvalue weighted by Gasteiger charge is -2.43. The smallest absolute Gasteiger partial charge is 0.119 e. The summed E-state index contributed by atoms with van der Waals surface area (Å²) in [6.45, 7) is 29.4. The number of benzene rings is 4. The van der Waals surface area contributed by atoms with E-state index in [4.69, 9.17) is 20.9 Å². The molecule has 0 spiro atoms. The fourth-order valence-corrected chi connectivity index (χ4v) is 7.03. The van der Waals surface area contributed by atoms with E-state index in [0.29, 0.717) is 37.1 Å². The zero-order chi connectivity index (χ0) is 42.7. The van der Waals surface area contributed by atoms with Gasteiger partial charge in [0.2, 0.25) is 0 Å². The maximum atomic E-state index is 5.75. The van der Waals surface area contributed by atoms with Crippen LogP contribution in [0.25, 0.3) is 0 Å². The van der Waals surface area contributed by atoms with E-state index in [2.05, 4.69) is 118 Å². The molecule has 1 aliphatic carbocycles. The molecule has 5 rings (SSSR count). The van der Waals surface area contributed by atoms with E-state index in [0.717, 1.165) is 47.3 Å². The molecule has 1 unspecified atom stereocenters. The molecule has 4 heteroatoms. The number of aryl methyl sites for hydroxylation is 2. The molecule has 0 bridgehead atoms. The predicted octanol–water partition coefficient (Wildman–Crippen LogP) is 14.7. The lowest BCUT2D eigenvalue weighted by molar-refractivity contribution is 0.0819. The Labute approximate surface area is 351 Å². The second-order valence-electron chi connectivity index (χ2n) is 17.0. The molecule has 1 atom stereocenters. The van der Waals surface area contributed by atoms with Gasteiger partial charge in [-0.3, -0.25) is 0 Å². The van der Waals surface area contributed by atoms with E-state index in [-0.39, 0.29) is 0 Å². The second kappa shape index (κ2) is 28.7. The van der Waals surface area contributed by atoms with Gasteiger partial charge in [-0.1, -0.05) is 169 Å². The van der Waals surface area contributed by atoms with Gasteiger partial charge in [0, 0.05) is 13.1 Å². The summed E-state index contributed by atoms with van der Waals surface area (Å²) in [5, 5.41) is 0. The summed E-state index contributed by atoms with van der Waals surface area (Å²) in [5.74, 6) is 3.64. The minimum absolute atomic E-state index is 0.525. The topological polar surface area (TPSA) is 70.5 Å². The molecule has 4 nitrogen and oxygen atoms in total. The lowest BCUT2D eigenvalue weighted by Crippen LogP contribution is -2.31. The molecule has 318 valence electrons. The Hall–Kier alpha value is -3.60. The minimum atomic E-state index is 0.525. The van der Waals surface area contributed by atoms with Crippen LogP contribution in [0, 0.1) is 22.7 Å². The summed E-state index contributed by atoms with van der Waals surface area (Å²) in [4.78, 5) is 0. The molecular weight excluding hydrogens is 697 g/mol.